The zero-order valence-electron chi connectivity index (χ0n) is 33.5. The van der Waals surface area contributed by atoms with Crippen molar-refractivity contribution in [2.45, 2.75) is 52.4 Å². The van der Waals surface area contributed by atoms with Crippen molar-refractivity contribution in [2.24, 2.45) is 0 Å². The van der Waals surface area contributed by atoms with Crippen LogP contribution in [0.4, 0.5) is 0 Å². The normalized spacial score (nSPS) is 12.0. The lowest BCUT2D eigenvalue weighted by molar-refractivity contribution is 0.590. The molecular weight excluding hydrogens is 693 g/mol. The maximum atomic E-state index is 5.14. The van der Waals surface area contributed by atoms with E-state index < -0.39 is 0 Å². The molecule has 0 atom stereocenters. The largest absolute Gasteiger partial charge is 0.309 e. The molecule has 2 aromatic heterocycles. The number of nitrogens with zero attached hydrogens (tertiary/aromatic N) is 4. The van der Waals surface area contributed by atoms with Gasteiger partial charge in [0.1, 0.15) is 0 Å². The van der Waals surface area contributed by atoms with E-state index in [1.54, 1.807) is 0 Å². The van der Waals surface area contributed by atoms with Gasteiger partial charge in [-0.1, -0.05) is 181 Å². The van der Waals surface area contributed by atoms with Crippen LogP contribution in [0.3, 0.4) is 0 Å². The first-order valence-electron chi connectivity index (χ1n) is 19.8. The topological polar surface area (TPSA) is 43.6 Å². The molecule has 278 valence electrons. The lowest BCUT2D eigenvalue weighted by atomic mass is 9.85. The molecule has 57 heavy (non-hydrogen) atoms. The molecule has 0 fully saturated rings. The summed E-state index contributed by atoms with van der Waals surface area (Å²) in [5.74, 6) is 1.92. The number of para-hydroxylation sites is 1. The van der Waals surface area contributed by atoms with Crippen molar-refractivity contribution in [1.29, 1.82) is 0 Å². The van der Waals surface area contributed by atoms with Crippen LogP contribution in [0, 0.1) is 0 Å². The molecule has 0 unspecified atom stereocenters. The van der Waals surface area contributed by atoms with Crippen LogP contribution in [0.2, 0.25) is 0 Å². The summed E-state index contributed by atoms with van der Waals surface area (Å²) < 4.78 is 2.45. The summed E-state index contributed by atoms with van der Waals surface area (Å²) >= 11 is 0. The predicted molar refractivity (Wildman–Crippen MR) is 239 cm³/mol. The zero-order valence-corrected chi connectivity index (χ0v) is 33.5. The van der Waals surface area contributed by atoms with Gasteiger partial charge in [0.25, 0.3) is 0 Å². The van der Waals surface area contributed by atoms with E-state index in [-0.39, 0.29) is 10.8 Å². The first kappa shape index (κ1) is 36.0. The van der Waals surface area contributed by atoms with Crippen LogP contribution in [0.25, 0.3) is 83.9 Å². The number of fused-ring (bicyclic) bond motifs is 3. The van der Waals surface area contributed by atoms with Crippen LogP contribution < -0.4 is 0 Å². The smallest absolute Gasteiger partial charge is 0.164 e. The third kappa shape index (κ3) is 6.82. The summed E-state index contributed by atoms with van der Waals surface area (Å²) in [5.41, 5.74) is 13.6. The molecule has 9 rings (SSSR count). The second-order valence-corrected chi connectivity index (χ2v) is 17.0. The first-order valence-corrected chi connectivity index (χ1v) is 19.8. The standard InChI is InChI=1S/C53H46N4/c1-52(2,3)39-29-31-47-44(33-39)45-34-40(53(4,5)6)30-32-48(45)57(47)46-24-16-15-22-42(46)36-25-27-38(28-26-36)50-54-49(37-19-11-8-12-20-37)55-51(56-50)43-23-14-13-21-41(43)35-17-9-7-10-18-35/h7-34H,1-6H3. The fourth-order valence-electron chi connectivity index (χ4n) is 7.82. The molecule has 7 aromatic carbocycles. The number of rotatable bonds is 6. The van der Waals surface area contributed by atoms with E-state index in [1.165, 1.54) is 32.9 Å². The van der Waals surface area contributed by atoms with Crippen LogP contribution in [0.1, 0.15) is 52.7 Å². The highest BCUT2D eigenvalue weighted by Crippen LogP contribution is 2.40. The maximum absolute atomic E-state index is 5.14. The Kier molecular flexibility index (Phi) is 8.93. The quantitative estimate of drug-likeness (QED) is 0.171. The summed E-state index contributed by atoms with van der Waals surface area (Å²) in [4.78, 5) is 15.2. The highest BCUT2D eigenvalue weighted by Gasteiger charge is 2.22. The lowest BCUT2D eigenvalue weighted by Gasteiger charge is -2.19. The molecule has 0 aliphatic rings. The molecule has 0 saturated heterocycles. The van der Waals surface area contributed by atoms with Crippen LogP contribution >= 0.6 is 0 Å². The SMILES string of the molecule is CC(C)(C)c1ccc2c(c1)c1cc(C(C)(C)C)ccc1n2-c1ccccc1-c1ccc(-c2nc(-c3ccccc3)nc(-c3ccccc3-c3ccccc3)n2)cc1. The van der Waals surface area contributed by atoms with Gasteiger partial charge in [-0.05, 0) is 69.0 Å². The molecule has 0 saturated carbocycles. The maximum Gasteiger partial charge on any atom is 0.164 e. The zero-order chi connectivity index (χ0) is 39.3. The Morgan fingerprint density at radius 3 is 1.30 bits per heavy atom. The fraction of sp³-hybridized carbons (Fsp3) is 0.151. The van der Waals surface area contributed by atoms with E-state index >= 15 is 0 Å². The van der Waals surface area contributed by atoms with Gasteiger partial charge in [-0.15, -0.1) is 0 Å². The number of hydrogen-bond acceptors (Lipinski definition) is 3. The van der Waals surface area contributed by atoms with Crippen LogP contribution in [-0.2, 0) is 10.8 Å². The van der Waals surface area contributed by atoms with Crippen LogP contribution in [0.5, 0.6) is 0 Å². The fourth-order valence-corrected chi connectivity index (χ4v) is 7.82. The Labute approximate surface area is 335 Å². The van der Waals surface area contributed by atoms with Crippen molar-refractivity contribution < 1.29 is 0 Å². The minimum absolute atomic E-state index is 0.0380. The summed E-state index contributed by atoms with van der Waals surface area (Å²) in [6, 6.07) is 60.3. The Morgan fingerprint density at radius 2 is 0.754 bits per heavy atom. The van der Waals surface area contributed by atoms with Gasteiger partial charge in [-0.25, -0.2) is 15.0 Å². The monoisotopic (exact) mass is 738 g/mol. The first-order chi connectivity index (χ1) is 27.5. The summed E-state index contributed by atoms with van der Waals surface area (Å²) in [6.45, 7) is 13.7. The van der Waals surface area contributed by atoms with Gasteiger partial charge in [0.2, 0.25) is 0 Å². The average Bonchev–Trinajstić information content (AvgIpc) is 3.56. The Bertz CT molecular complexity index is 2820. The van der Waals surface area contributed by atoms with Crippen molar-refractivity contribution in [3.63, 3.8) is 0 Å². The number of benzene rings is 7. The summed E-state index contributed by atoms with van der Waals surface area (Å²) in [5, 5.41) is 2.56. The Morgan fingerprint density at radius 1 is 0.351 bits per heavy atom. The van der Waals surface area contributed by atoms with Crippen molar-refractivity contribution in [2.75, 3.05) is 0 Å². The second-order valence-electron chi connectivity index (χ2n) is 17.0. The molecule has 4 nitrogen and oxygen atoms in total. The van der Waals surface area contributed by atoms with Crippen molar-refractivity contribution in [1.82, 2.24) is 19.5 Å². The van der Waals surface area contributed by atoms with Gasteiger partial charge in [0.15, 0.2) is 17.5 Å². The highest BCUT2D eigenvalue weighted by molar-refractivity contribution is 6.10. The van der Waals surface area contributed by atoms with E-state index in [4.69, 9.17) is 15.0 Å². The third-order valence-electron chi connectivity index (χ3n) is 11.0. The molecule has 0 N–H and O–H groups in total. The van der Waals surface area contributed by atoms with Crippen LogP contribution in [-0.4, -0.2) is 19.5 Å². The third-order valence-corrected chi connectivity index (χ3v) is 11.0. The summed E-state index contributed by atoms with van der Waals surface area (Å²) in [7, 11) is 0. The van der Waals surface area contributed by atoms with Gasteiger partial charge >= 0.3 is 0 Å². The molecular formula is C53H46N4. The van der Waals surface area contributed by atoms with E-state index in [2.05, 4.69) is 186 Å². The number of hydrogen-bond donors (Lipinski definition) is 0. The number of aromatic nitrogens is 4. The van der Waals surface area contributed by atoms with Crippen LogP contribution in [0.15, 0.2) is 170 Å². The van der Waals surface area contributed by atoms with Crippen molar-refractivity contribution in [3.8, 4) is 62.1 Å². The van der Waals surface area contributed by atoms with E-state index in [0.717, 1.165) is 44.6 Å². The van der Waals surface area contributed by atoms with Crippen molar-refractivity contribution >= 4 is 21.8 Å². The average molecular weight is 739 g/mol. The molecule has 0 spiro atoms. The van der Waals surface area contributed by atoms with Gasteiger partial charge in [-0.2, -0.15) is 0 Å². The predicted octanol–water partition coefficient (Wildman–Crippen LogP) is 13.9. The second kappa shape index (κ2) is 14.1. The molecule has 4 heteroatoms. The minimum atomic E-state index is 0.0380. The van der Waals surface area contributed by atoms with E-state index in [0.29, 0.717) is 17.5 Å². The molecule has 0 bridgehead atoms. The van der Waals surface area contributed by atoms with Gasteiger partial charge < -0.3 is 4.57 Å². The van der Waals surface area contributed by atoms with Gasteiger partial charge in [0, 0.05) is 33.0 Å². The van der Waals surface area contributed by atoms with Gasteiger partial charge in [0.05, 0.1) is 16.7 Å². The lowest BCUT2D eigenvalue weighted by Crippen LogP contribution is -2.10. The molecule has 0 aliphatic heterocycles. The highest BCUT2D eigenvalue weighted by atomic mass is 15.0. The van der Waals surface area contributed by atoms with Crippen molar-refractivity contribution in [3.05, 3.63) is 181 Å². The van der Waals surface area contributed by atoms with E-state index in [1.807, 2.05) is 30.3 Å². The summed E-state index contributed by atoms with van der Waals surface area (Å²) in [6.07, 6.45) is 0. The molecule has 2 heterocycles. The van der Waals surface area contributed by atoms with Gasteiger partial charge in [-0.3, -0.25) is 0 Å². The molecule has 0 aliphatic carbocycles. The minimum Gasteiger partial charge on any atom is -0.309 e. The molecule has 0 amide bonds. The molecule has 0 radical (unpaired) electrons. The van der Waals surface area contributed by atoms with E-state index in [9.17, 15) is 0 Å². The Balaban J connectivity index is 1.17. The Hall–Kier alpha value is -6.65. The molecule has 9 aromatic rings.